The van der Waals surface area contributed by atoms with Crippen LogP contribution in [0, 0.1) is 0 Å². The van der Waals surface area contributed by atoms with Gasteiger partial charge in [-0.05, 0) is 56.3 Å². The van der Waals surface area contributed by atoms with Crippen molar-refractivity contribution in [3.63, 3.8) is 0 Å². The summed E-state index contributed by atoms with van der Waals surface area (Å²) in [5, 5.41) is 4.50. The Morgan fingerprint density at radius 2 is 1.59 bits per heavy atom. The number of hydrogen-bond donors (Lipinski definition) is 2. The number of halogens is 4. The van der Waals surface area contributed by atoms with E-state index in [2.05, 4.69) is 10.6 Å². The third-order valence-corrected chi connectivity index (χ3v) is 4.04. The maximum Gasteiger partial charge on any atom is 0.418 e. The third kappa shape index (κ3) is 6.18. The molecule has 0 saturated heterocycles. The van der Waals surface area contributed by atoms with Crippen molar-refractivity contribution in [2.75, 3.05) is 10.6 Å². The summed E-state index contributed by atoms with van der Waals surface area (Å²) in [4.78, 5) is 35.5. The van der Waals surface area contributed by atoms with Crippen LogP contribution in [0.5, 0.6) is 0 Å². The van der Waals surface area contributed by atoms with Crippen molar-refractivity contribution < 1.29 is 27.6 Å². The van der Waals surface area contributed by atoms with Gasteiger partial charge in [0.1, 0.15) is 0 Å². The predicted octanol–water partition coefficient (Wildman–Crippen LogP) is 5.08. The minimum Gasteiger partial charge on any atom is -0.322 e. The normalized spacial score (nSPS) is 11.7. The largest absolute Gasteiger partial charge is 0.418 e. The molecule has 9 heteroatoms. The van der Waals surface area contributed by atoms with Crippen LogP contribution in [0.4, 0.5) is 24.5 Å². The van der Waals surface area contributed by atoms with Crippen molar-refractivity contribution in [2.24, 2.45) is 0 Å². The van der Waals surface area contributed by atoms with E-state index in [0.29, 0.717) is 17.3 Å². The monoisotopic (exact) mass is 424 g/mol. The molecule has 0 atom stereocenters. The maximum atomic E-state index is 13.1. The Morgan fingerprint density at radius 1 is 0.966 bits per heavy atom. The van der Waals surface area contributed by atoms with Crippen LogP contribution in [0.3, 0.4) is 0 Å². The van der Waals surface area contributed by atoms with E-state index in [4.69, 9.17) is 11.6 Å². The Hall–Kier alpha value is -3.13. The quantitative estimate of drug-likeness (QED) is 0.519. The second-order valence-corrected chi connectivity index (χ2v) is 6.53. The summed E-state index contributed by atoms with van der Waals surface area (Å²) in [6.07, 6.45) is -3.83. The lowest BCUT2D eigenvalue weighted by molar-refractivity contribution is -0.137. The van der Waals surface area contributed by atoms with Crippen LogP contribution in [0.1, 0.15) is 29.8 Å². The van der Waals surface area contributed by atoms with Gasteiger partial charge >= 0.3 is 6.18 Å². The number of Topliss-reactive ketones (excluding diaryl/α,β-unsaturated/α-hetero) is 1. The van der Waals surface area contributed by atoms with Crippen LogP contribution in [0.15, 0.2) is 54.1 Å². The molecule has 0 spiro atoms. The molecule has 2 aromatic carbocycles. The first-order valence-electron chi connectivity index (χ1n) is 8.26. The highest BCUT2D eigenvalue weighted by atomic mass is 35.5. The standard InChI is InChI=1S/C20H16ClF3N2O3/c1-11(19(29)25-15-6-3-13(4-7-15)12(2)27)9-18(28)26-17-8-5-14(21)10-16(17)20(22,23)24/h3-10H,1-2H3,(H,25,29)(H,26,28)/b11-9-. The van der Waals surface area contributed by atoms with Gasteiger partial charge in [0.25, 0.3) is 5.91 Å². The summed E-state index contributed by atoms with van der Waals surface area (Å²) in [6.45, 7) is 2.75. The Bertz CT molecular complexity index is 983. The zero-order valence-corrected chi connectivity index (χ0v) is 16.1. The number of ketones is 1. The van der Waals surface area contributed by atoms with Gasteiger partial charge in [0.15, 0.2) is 5.78 Å². The minimum absolute atomic E-state index is 0.0272. The number of rotatable bonds is 5. The maximum absolute atomic E-state index is 13.1. The van der Waals surface area contributed by atoms with Crippen LogP contribution in [-0.4, -0.2) is 17.6 Å². The zero-order chi connectivity index (χ0) is 21.8. The van der Waals surface area contributed by atoms with Gasteiger partial charge in [0.2, 0.25) is 5.91 Å². The van der Waals surface area contributed by atoms with E-state index in [1.54, 1.807) is 0 Å². The van der Waals surface area contributed by atoms with E-state index in [9.17, 15) is 27.6 Å². The highest BCUT2D eigenvalue weighted by Gasteiger charge is 2.34. The van der Waals surface area contributed by atoms with E-state index >= 15 is 0 Å². The average molecular weight is 425 g/mol. The van der Waals surface area contributed by atoms with E-state index in [-0.39, 0.29) is 16.4 Å². The van der Waals surface area contributed by atoms with E-state index in [1.165, 1.54) is 44.2 Å². The fourth-order valence-electron chi connectivity index (χ4n) is 2.31. The Balaban J connectivity index is 2.10. The van der Waals surface area contributed by atoms with Crippen LogP contribution in [-0.2, 0) is 15.8 Å². The highest BCUT2D eigenvalue weighted by molar-refractivity contribution is 6.30. The van der Waals surface area contributed by atoms with E-state index in [0.717, 1.165) is 12.1 Å². The Labute approximate surface area is 169 Å². The molecule has 0 saturated carbocycles. The van der Waals surface area contributed by atoms with Gasteiger partial charge in [-0.1, -0.05) is 11.6 Å². The fourth-order valence-corrected chi connectivity index (χ4v) is 2.48. The van der Waals surface area contributed by atoms with Crippen molar-refractivity contribution in [3.05, 3.63) is 70.3 Å². The van der Waals surface area contributed by atoms with Gasteiger partial charge in [-0.3, -0.25) is 14.4 Å². The molecule has 0 fully saturated rings. The van der Waals surface area contributed by atoms with E-state index in [1.807, 2.05) is 0 Å². The lowest BCUT2D eigenvalue weighted by atomic mass is 10.1. The summed E-state index contributed by atoms with van der Waals surface area (Å²) < 4.78 is 39.2. The number of nitrogens with one attached hydrogen (secondary N) is 2. The first kappa shape index (κ1) is 22.2. The molecule has 5 nitrogen and oxygen atoms in total. The van der Waals surface area contributed by atoms with Gasteiger partial charge in [0.05, 0.1) is 11.3 Å². The number of anilines is 2. The molecule has 2 amide bonds. The van der Waals surface area contributed by atoms with Crippen molar-refractivity contribution in [1.29, 1.82) is 0 Å². The molecule has 152 valence electrons. The number of carbonyl (C=O) groups is 3. The molecule has 0 aliphatic rings. The van der Waals surface area contributed by atoms with Crippen LogP contribution in [0.2, 0.25) is 5.02 Å². The second-order valence-electron chi connectivity index (χ2n) is 6.09. The topological polar surface area (TPSA) is 75.3 Å². The Morgan fingerprint density at radius 3 is 2.14 bits per heavy atom. The lowest BCUT2D eigenvalue weighted by Gasteiger charge is -2.13. The first-order valence-corrected chi connectivity index (χ1v) is 8.63. The zero-order valence-electron chi connectivity index (χ0n) is 15.4. The molecule has 0 unspecified atom stereocenters. The number of alkyl halides is 3. The number of amides is 2. The molecule has 0 heterocycles. The van der Waals surface area contributed by atoms with Crippen molar-refractivity contribution in [3.8, 4) is 0 Å². The summed E-state index contributed by atoms with van der Waals surface area (Å²) >= 11 is 5.59. The summed E-state index contributed by atoms with van der Waals surface area (Å²) in [5.74, 6) is -1.66. The molecule has 2 aromatic rings. The average Bonchev–Trinajstić information content (AvgIpc) is 2.62. The van der Waals surface area contributed by atoms with Gasteiger partial charge in [-0.15, -0.1) is 0 Å². The minimum atomic E-state index is -4.71. The summed E-state index contributed by atoms with van der Waals surface area (Å²) in [7, 11) is 0. The highest BCUT2D eigenvalue weighted by Crippen LogP contribution is 2.36. The third-order valence-electron chi connectivity index (χ3n) is 3.80. The smallest absolute Gasteiger partial charge is 0.322 e. The van der Waals surface area contributed by atoms with Crippen molar-refractivity contribution >= 4 is 40.6 Å². The summed E-state index contributed by atoms with van der Waals surface area (Å²) in [5.41, 5.74) is -0.737. The molecular formula is C20H16ClF3N2O3. The second kappa shape index (κ2) is 8.91. The van der Waals surface area contributed by atoms with Crippen LogP contribution in [0.25, 0.3) is 0 Å². The summed E-state index contributed by atoms with van der Waals surface area (Å²) in [6, 6.07) is 9.04. The molecule has 0 radical (unpaired) electrons. The number of hydrogen-bond acceptors (Lipinski definition) is 3. The fraction of sp³-hybridized carbons (Fsp3) is 0.150. The van der Waals surface area contributed by atoms with Gasteiger partial charge in [0, 0.05) is 27.9 Å². The van der Waals surface area contributed by atoms with Crippen molar-refractivity contribution in [1.82, 2.24) is 0 Å². The first-order chi connectivity index (χ1) is 13.5. The molecule has 0 aliphatic heterocycles. The lowest BCUT2D eigenvalue weighted by Crippen LogP contribution is -2.18. The molecular weight excluding hydrogens is 409 g/mol. The number of carbonyl (C=O) groups excluding carboxylic acids is 3. The Kier molecular flexibility index (Phi) is 6.81. The molecule has 2 N–H and O–H groups in total. The molecule has 0 aliphatic carbocycles. The number of benzene rings is 2. The molecule has 0 bridgehead atoms. The van der Waals surface area contributed by atoms with Crippen LogP contribution < -0.4 is 10.6 Å². The predicted molar refractivity (Wildman–Crippen MR) is 104 cm³/mol. The molecule has 0 aromatic heterocycles. The van der Waals surface area contributed by atoms with Gasteiger partial charge in [-0.25, -0.2) is 0 Å². The van der Waals surface area contributed by atoms with Crippen LogP contribution >= 0.6 is 11.6 Å². The van der Waals surface area contributed by atoms with Gasteiger partial charge < -0.3 is 10.6 Å². The molecule has 2 rings (SSSR count). The molecule has 29 heavy (non-hydrogen) atoms. The van der Waals surface area contributed by atoms with Crippen molar-refractivity contribution in [2.45, 2.75) is 20.0 Å². The van der Waals surface area contributed by atoms with E-state index < -0.39 is 29.2 Å². The van der Waals surface area contributed by atoms with Gasteiger partial charge in [-0.2, -0.15) is 13.2 Å². The SMILES string of the molecule is CC(=O)c1ccc(NC(=O)/C(C)=C\C(=O)Nc2ccc(Cl)cc2C(F)(F)F)cc1.